The van der Waals surface area contributed by atoms with Crippen molar-refractivity contribution in [3.8, 4) is 0 Å². The summed E-state index contributed by atoms with van der Waals surface area (Å²) in [5.41, 5.74) is 5.82. The van der Waals surface area contributed by atoms with Crippen LogP contribution in [0.15, 0.2) is 30.9 Å². The Labute approximate surface area is 152 Å². The molecule has 25 heavy (non-hydrogen) atoms. The number of carboxylic acid groups (broad SMARTS) is 1. The minimum absolute atomic E-state index is 0.109. The van der Waals surface area contributed by atoms with Crippen LogP contribution in [0, 0.1) is 0 Å². The molecule has 4 N–H and O–H groups in total. The van der Waals surface area contributed by atoms with E-state index in [2.05, 4.69) is 34.1 Å². The van der Waals surface area contributed by atoms with Gasteiger partial charge in [0.2, 0.25) is 0 Å². The number of nitrogens with zero attached hydrogens (tertiary/aromatic N) is 2. The van der Waals surface area contributed by atoms with Gasteiger partial charge in [0.05, 0.1) is 12.2 Å². The summed E-state index contributed by atoms with van der Waals surface area (Å²) in [5.74, 6) is -1.31. The first-order valence-electron chi connectivity index (χ1n) is 7.68. The number of aromatic nitrogens is 2. The number of unbranched alkanes of at least 4 members (excludes halogenated alkanes) is 3. The number of esters is 1. The lowest BCUT2D eigenvalue weighted by molar-refractivity contribution is -0.139. The van der Waals surface area contributed by atoms with Gasteiger partial charge in [0.25, 0.3) is 0 Å². The predicted octanol–water partition coefficient (Wildman–Crippen LogP) is 1.67. The average molecular weight is 368 g/mol. The standard InChI is InChI=1S/C11H20N2O2S.C5H4N2O2/c1-9(2)10(14)15-8-6-4-3-5-7-13-11(12)16;8-5(9)4-1-6-3-7-2-4/h1,3-8H2,2H3,(H3,12,13,16);1-3H,(H,8,9). The first-order chi connectivity index (χ1) is 11.8. The lowest BCUT2D eigenvalue weighted by Crippen LogP contribution is -2.29. The highest BCUT2D eigenvalue weighted by Crippen LogP contribution is 2.01. The molecule has 0 spiro atoms. The molecule has 1 rings (SSSR count). The molecular formula is C16H24N4O4S. The zero-order chi connectivity index (χ0) is 19.1. The highest BCUT2D eigenvalue weighted by Gasteiger charge is 2.01. The van der Waals surface area contributed by atoms with Crippen LogP contribution in [0.5, 0.6) is 0 Å². The van der Waals surface area contributed by atoms with Gasteiger partial charge in [-0.05, 0) is 38.4 Å². The Bertz CT molecular complexity index is 567. The quantitative estimate of drug-likeness (QED) is 0.258. The summed E-state index contributed by atoms with van der Waals surface area (Å²) in [6, 6.07) is 0. The molecule has 0 saturated carbocycles. The van der Waals surface area contributed by atoms with Gasteiger partial charge in [0, 0.05) is 24.5 Å². The van der Waals surface area contributed by atoms with E-state index in [0.29, 0.717) is 17.3 Å². The van der Waals surface area contributed by atoms with Crippen LogP contribution in [0.2, 0.25) is 0 Å². The van der Waals surface area contributed by atoms with Crippen LogP contribution in [0.3, 0.4) is 0 Å². The van der Waals surface area contributed by atoms with Crippen LogP contribution in [-0.2, 0) is 9.53 Å². The monoisotopic (exact) mass is 368 g/mol. The Hall–Kier alpha value is -2.55. The second kappa shape index (κ2) is 13.8. The molecule has 138 valence electrons. The Kier molecular flexibility index (Phi) is 12.4. The van der Waals surface area contributed by atoms with E-state index in [0.717, 1.165) is 32.2 Å². The van der Waals surface area contributed by atoms with Crippen LogP contribution in [0.4, 0.5) is 0 Å². The van der Waals surface area contributed by atoms with Crippen molar-refractivity contribution in [2.45, 2.75) is 32.6 Å². The molecule has 8 nitrogen and oxygen atoms in total. The third-order valence-electron chi connectivity index (χ3n) is 2.76. The van der Waals surface area contributed by atoms with Gasteiger partial charge < -0.3 is 20.9 Å². The molecule has 1 aromatic heterocycles. The third-order valence-corrected chi connectivity index (χ3v) is 2.90. The van der Waals surface area contributed by atoms with Crippen molar-refractivity contribution in [1.29, 1.82) is 0 Å². The van der Waals surface area contributed by atoms with Gasteiger partial charge in [-0.25, -0.2) is 19.6 Å². The van der Waals surface area contributed by atoms with Crippen molar-refractivity contribution >= 4 is 29.3 Å². The summed E-state index contributed by atoms with van der Waals surface area (Å²) >= 11 is 4.67. The van der Waals surface area contributed by atoms with Crippen LogP contribution >= 0.6 is 12.2 Å². The van der Waals surface area contributed by atoms with E-state index < -0.39 is 5.97 Å². The van der Waals surface area contributed by atoms with Crippen molar-refractivity contribution < 1.29 is 19.4 Å². The highest BCUT2D eigenvalue weighted by molar-refractivity contribution is 7.80. The van der Waals surface area contributed by atoms with E-state index in [1.54, 1.807) is 6.92 Å². The van der Waals surface area contributed by atoms with Crippen molar-refractivity contribution in [1.82, 2.24) is 15.3 Å². The molecular weight excluding hydrogens is 344 g/mol. The molecule has 0 fully saturated rings. The van der Waals surface area contributed by atoms with E-state index in [-0.39, 0.29) is 11.5 Å². The van der Waals surface area contributed by atoms with E-state index in [1.165, 1.54) is 18.7 Å². The maximum atomic E-state index is 11.0. The van der Waals surface area contributed by atoms with Gasteiger partial charge >= 0.3 is 11.9 Å². The minimum atomic E-state index is -1.00. The predicted molar refractivity (Wildman–Crippen MR) is 98.0 cm³/mol. The van der Waals surface area contributed by atoms with Gasteiger partial charge in [-0.2, -0.15) is 0 Å². The normalized spacial score (nSPS) is 9.32. The van der Waals surface area contributed by atoms with Crippen LogP contribution in [0.25, 0.3) is 0 Å². The van der Waals surface area contributed by atoms with Gasteiger partial charge in [0.1, 0.15) is 6.33 Å². The van der Waals surface area contributed by atoms with Gasteiger partial charge in [-0.1, -0.05) is 13.0 Å². The van der Waals surface area contributed by atoms with E-state index in [9.17, 15) is 9.59 Å². The minimum Gasteiger partial charge on any atom is -0.478 e. The van der Waals surface area contributed by atoms with Gasteiger partial charge in [-0.3, -0.25) is 0 Å². The number of hydrogen-bond acceptors (Lipinski definition) is 6. The number of thiocarbonyl (C=S) groups is 1. The van der Waals surface area contributed by atoms with Crippen molar-refractivity contribution in [3.05, 3.63) is 36.4 Å². The third kappa shape index (κ3) is 13.6. The molecule has 0 radical (unpaired) electrons. The first kappa shape index (κ1) is 22.4. The number of hydrogen-bond donors (Lipinski definition) is 3. The number of nitrogens with one attached hydrogen (secondary N) is 1. The summed E-state index contributed by atoms with van der Waals surface area (Å²) < 4.78 is 4.95. The number of carbonyl (C=O) groups is 2. The summed E-state index contributed by atoms with van der Waals surface area (Å²) in [5, 5.41) is 11.5. The van der Waals surface area contributed by atoms with Crippen molar-refractivity contribution in [2.24, 2.45) is 5.73 Å². The fourth-order valence-electron chi connectivity index (χ4n) is 1.49. The zero-order valence-corrected chi connectivity index (χ0v) is 15.1. The lowest BCUT2D eigenvalue weighted by Gasteiger charge is -2.05. The lowest BCUT2D eigenvalue weighted by atomic mass is 10.2. The Morgan fingerprint density at radius 1 is 1.28 bits per heavy atom. The number of carbonyl (C=O) groups excluding carboxylic acids is 1. The molecule has 0 aliphatic heterocycles. The molecule has 0 unspecified atom stereocenters. The average Bonchev–Trinajstić information content (AvgIpc) is 2.58. The summed E-state index contributed by atoms with van der Waals surface area (Å²) in [6.07, 6.45) is 7.78. The smallest absolute Gasteiger partial charge is 0.338 e. The number of aromatic carboxylic acids is 1. The van der Waals surface area contributed by atoms with Crippen LogP contribution < -0.4 is 11.1 Å². The largest absolute Gasteiger partial charge is 0.478 e. The number of carboxylic acids is 1. The Morgan fingerprint density at radius 3 is 2.36 bits per heavy atom. The molecule has 1 heterocycles. The molecule has 0 aromatic carbocycles. The summed E-state index contributed by atoms with van der Waals surface area (Å²) in [7, 11) is 0. The van der Waals surface area contributed by atoms with Crippen LogP contribution in [0.1, 0.15) is 43.0 Å². The van der Waals surface area contributed by atoms with Gasteiger partial charge in [0.15, 0.2) is 5.11 Å². The van der Waals surface area contributed by atoms with E-state index in [4.69, 9.17) is 15.6 Å². The molecule has 0 aliphatic rings. The summed E-state index contributed by atoms with van der Waals surface area (Å²) in [6.45, 7) is 6.42. The fourth-order valence-corrected chi connectivity index (χ4v) is 1.59. The first-order valence-corrected chi connectivity index (χ1v) is 8.09. The molecule has 1 aromatic rings. The Morgan fingerprint density at radius 2 is 1.88 bits per heavy atom. The number of ether oxygens (including phenoxy) is 1. The highest BCUT2D eigenvalue weighted by atomic mass is 32.1. The number of nitrogens with two attached hydrogens (primary N) is 1. The second-order valence-corrected chi connectivity index (χ2v) is 5.49. The molecule has 9 heteroatoms. The molecule has 0 saturated heterocycles. The molecule has 0 bridgehead atoms. The van der Waals surface area contributed by atoms with Crippen molar-refractivity contribution in [3.63, 3.8) is 0 Å². The maximum absolute atomic E-state index is 11.0. The van der Waals surface area contributed by atoms with E-state index in [1.807, 2.05) is 0 Å². The molecule has 0 amide bonds. The van der Waals surface area contributed by atoms with E-state index >= 15 is 0 Å². The molecule has 0 atom stereocenters. The molecule has 0 aliphatic carbocycles. The van der Waals surface area contributed by atoms with Gasteiger partial charge in [-0.15, -0.1) is 0 Å². The zero-order valence-electron chi connectivity index (χ0n) is 14.2. The van der Waals surface area contributed by atoms with Crippen LogP contribution in [-0.4, -0.2) is 45.3 Å². The maximum Gasteiger partial charge on any atom is 0.338 e. The number of rotatable bonds is 9. The fraction of sp³-hybridized carbons (Fsp3) is 0.438. The topological polar surface area (TPSA) is 127 Å². The van der Waals surface area contributed by atoms with Crippen molar-refractivity contribution in [2.75, 3.05) is 13.2 Å². The SMILES string of the molecule is C=C(C)C(=O)OCCCCCCNC(N)=S.O=C(O)c1cncnc1. The Balaban J connectivity index is 0.000000535. The summed E-state index contributed by atoms with van der Waals surface area (Å²) in [4.78, 5) is 28.1. The second-order valence-electron chi connectivity index (χ2n) is 5.05.